The van der Waals surface area contributed by atoms with Gasteiger partial charge in [0.15, 0.2) is 0 Å². The van der Waals surface area contributed by atoms with Gasteiger partial charge in [0, 0.05) is 13.0 Å². The van der Waals surface area contributed by atoms with Crippen molar-refractivity contribution in [2.24, 2.45) is 5.73 Å². The Kier molecular flexibility index (Phi) is 3.80. The highest BCUT2D eigenvalue weighted by Crippen LogP contribution is 2.29. The van der Waals surface area contributed by atoms with Gasteiger partial charge in [-0.3, -0.25) is 0 Å². The van der Waals surface area contributed by atoms with Gasteiger partial charge >= 0.3 is 0 Å². The summed E-state index contributed by atoms with van der Waals surface area (Å²) in [5.41, 5.74) is 8.11. The Hall–Kier alpha value is -1.06. The number of benzene rings is 1. The molecule has 0 radical (unpaired) electrons. The first-order valence-electron chi connectivity index (χ1n) is 5.99. The molecule has 3 nitrogen and oxygen atoms in total. The number of fused-ring (bicyclic) bond motifs is 1. The van der Waals surface area contributed by atoms with E-state index in [4.69, 9.17) is 10.5 Å². The minimum absolute atomic E-state index is 0.329. The van der Waals surface area contributed by atoms with Gasteiger partial charge in [0.25, 0.3) is 0 Å². The summed E-state index contributed by atoms with van der Waals surface area (Å²) in [6.45, 7) is 4.77. The lowest BCUT2D eigenvalue weighted by molar-refractivity contribution is 0.254. The van der Waals surface area contributed by atoms with E-state index < -0.39 is 0 Å². The van der Waals surface area contributed by atoms with Crippen molar-refractivity contribution in [3.05, 3.63) is 29.3 Å². The number of ether oxygens (including phenoxy) is 1. The lowest BCUT2D eigenvalue weighted by atomic mass is 10.1. The maximum Gasteiger partial charge on any atom is 0.123 e. The summed E-state index contributed by atoms with van der Waals surface area (Å²) in [4.78, 5) is 0. The minimum Gasteiger partial charge on any atom is -0.490 e. The van der Waals surface area contributed by atoms with Crippen LogP contribution in [0.2, 0.25) is 0 Å². The zero-order valence-corrected chi connectivity index (χ0v) is 9.83. The van der Waals surface area contributed by atoms with Crippen LogP contribution in [0.3, 0.4) is 0 Å². The van der Waals surface area contributed by atoms with Crippen LogP contribution >= 0.6 is 0 Å². The van der Waals surface area contributed by atoms with Gasteiger partial charge in [-0.25, -0.2) is 0 Å². The summed E-state index contributed by atoms with van der Waals surface area (Å²) in [5.74, 6) is 1.05. The molecule has 16 heavy (non-hydrogen) atoms. The predicted octanol–water partition coefficient (Wildman–Crippen LogP) is 1.45. The Morgan fingerprint density at radius 1 is 1.50 bits per heavy atom. The third-order valence-electron chi connectivity index (χ3n) is 2.85. The van der Waals surface area contributed by atoms with Crippen molar-refractivity contribution in [3.8, 4) is 5.75 Å². The maximum atomic E-state index is 5.67. The van der Waals surface area contributed by atoms with Gasteiger partial charge in [0.1, 0.15) is 11.9 Å². The van der Waals surface area contributed by atoms with Crippen LogP contribution in [0.15, 0.2) is 18.2 Å². The van der Waals surface area contributed by atoms with Gasteiger partial charge in [-0.15, -0.1) is 0 Å². The molecule has 1 heterocycles. The molecular weight excluding hydrogens is 200 g/mol. The molecule has 0 aromatic heterocycles. The van der Waals surface area contributed by atoms with Crippen LogP contribution < -0.4 is 15.8 Å². The van der Waals surface area contributed by atoms with Gasteiger partial charge in [0.05, 0.1) is 0 Å². The van der Waals surface area contributed by atoms with Crippen molar-refractivity contribution in [1.82, 2.24) is 5.32 Å². The van der Waals surface area contributed by atoms with Gasteiger partial charge < -0.3 is 15.8 Å². The zero-order chi connectivity index (χ0) is 11.4. The average molecular weight is 220 g/mol. The van der Waals surface area contributed by atoms with E-state index >= 15 is 0 Å². The number of hydrogen-bond acceptors (Lipinski definition) is 3. The second-order valence-corrected chi connectivity index (χ2v) is 4.39. The molecule has 0 bridgehead atoms. The molecule has 1 aliphatic rings. The maximum absolute atomic E-state index is 5.67. The fourth-order valence-corrected chi connectivity index (χ4v) is 2.05. The summed E-state index contributed by atoms with van der Waals surface area (Å²) < 4.78 is 5.67. The van der Waals surface area contributed by atoms with E-state index in [1.165, 1.54) is 11.1 Å². The standard InChI is InChI=1S/C13H20N2O/c1-10-7-12-8-11(3-4-13(12)16-10)9-15-6-2-5-14/h3-4,8,10,15H,2,5-7,9,14H2,1H3. The monoisotopic (exact) mass is 220 g/mol. The molecular formula is C13H20N2O. The quantitative estimate of drug-likeness (QED) is 0.738. The van der Waals surface area contributed by atoms with E-state index in [2.05, 4.69) is 30.4 Å². The number of nitrogens with two attached hydrogens (primary N) is 1. The van der Waals surface area contributed by atoms with E-state index in [1.54, 1.807) is 0 Å². The highest BCUT2D eigenvalue weighted by Gasteiger charge is 2.18. The Balaban J connectivity index is 1.90. The Morgan fingerprint density at radius 2 is 2.38 bits per heavy atom. The Labute approximate surface area is 97.0 Å². The van der Waals surface area contributed by atoms with Crippen LogP contribution in [0, 0.1) is 0 Å². The van der Waals surface area contributed by atoms with Gasteiger partial charge in [-0.05, 0) is 43.6 Å². The normalized spacial score (nSPS) is 18.2. The van der Waals surface area contributed by atoms with E-state index in [0.717, 1.165) is 38.2 Å². The second-order valence-electron chi connectivity index (χ2n) is 4.39. The average Bonchev–Trinajstić information content (AvgIpc) is 2.64. The van der Waals surface area contributed by atoms with Crippen LogP contribution in [0.4, 0.5) is 0 Å². The molecule has 1 atom stereocenters. The van der Waals surface area contributed by atoms with E-state index in [-0.39, 0.29) is 0 Å². The molecule has 0 saturated carbocycles. The molecule has 3 N–H and O–H groups in total. The van der Waals surface area contributed by atoms with Crippen LogP contribution in [-0.2, 0) is 13.0 Å². The summed E-state index contributed by atoms with van der Waals surface area (Å²) in [6.07, 6.45) is 2.40. The molecule has 88 valence electrons. The van der Waals surface area contributed by atoms with Crippen molar-refractivity contribution >= 4 is 0 Å². The predicted molar refractivity (Wildman–Crippen MR) is 65.6 cm³/mol. The molecule has 0 aliphatic carbocycles. The van der Waals surface area contributed by atoms with E-state index in [0.29, 0.717) is 6.10 Å². The lowest BCUT2D eigenvalue weighted by Crippen LogP contribution is -2.17. The summed E-state index contributed by atoms with van der Waals surface area (Å²) in [6, 6.07) is 6.46. The molecule has 0 spiro atoms. The molecule has 0 amide bonds. The SMILES string of the molecule is CC1Cc2cc(CNCCCN)ccc2O1. The largest absolute Gasteiger partial charge is 0.490 e. The fourth-order valence-electron chi connectivity index (χ4n) is 2.05. The summed E-state index contributed by atoms with van der Waals surface area (Å²) in [5, 5.41) is 3.38. The third-order valence-corrected chi connectivity index (χ3v) is 2.85. The van der Waals surface area contributed by atoms with Crippen LogP contribution in [0.1, 0.15) is 24.5 Å². The molecule has 1 unspecified atom stereocenters. The number of rotatable bonds is 5. The van der Waals surface area contributed by atoms with Crippen LogP contribution in [0.5, 0.6) is 5.75 Å². The fraction of sp³-hybridized carbons (Fsp3) is 0.538. The Bertz CT molecular complexity index is 352. The van der Waals surface area contributed by atoms with Crippen molar-refractivity contribution in [2.45, 2.75) is 32.4 Å². The number of nitrogens with one attached hydrogen (secondary N) is 1. The van der Waals surface area contributed by atoms with E-state index in [9.17, 15) is 0 Å². The molecule has 1 aromatic carbocycles. The van der Waals surface area contributed by atoms with Crippen molar-refractivity contribution in [2.75, 3.05) is 13.1 Å². The van der Waals surface area contributed by atoms with E-state index in [1.807, 2.05) is 0 Å². The van der Waals surface area contributed by atoms with Gasteiger partial charge in [-0.1, -0.05) is 12.1 Å². The zero-order valence-electron chi connectivity index (χ0n) is 9.83. The second kappa shape index (κ2) is 5.32. The first-order valence-corrected chi connectivity index (χ1v) is 5.99. The molecule has 1 aliphatic heterocycles. The van der Waals surface area contributed by atoms with Crippen LogP contribution in [0.25, 0.3) is 0 Å². The van der Waals surface area contributed by atoms with Crippen molar-refractivity contribution < 1.29 is 4.74 Å². The van der Waals surface area contributed by atoms with Crippen molar-refractivity contribution in [1.29, 1.82) is 0 Å². The first-order chi connectivity index (χ1) is 7.79. The lowest BCUT2D eigenvalue weighted by Gasteiger charge is -2.06. The summed E-state index contributed by atoms with van der Waals surface area (Å²) >= 11 is 0. The Morgan fingerprint density at radius 3 is 3.19 bits per heavy atom. The summed E-state index contributed by atoms with van der Waals surface area (Å²) in [7, 11) is 0. The highest BCUT2D eigenvalue weighted by atomic mass is 16.5. The molecule has 0 saturated heterocycles. The molecule has 0 fully saturated rings. The first kappa shape index (κ1) is 11.4. The molecule has 2 rings (SSSR count). The smallest absolute Gasteiger partial charge is 0.123 e. The topological polar surface area (TPSA) is 47.3 Å². The van der Waals surface area contributed by atoms with Crippen LogP contribution in [-0.4, -0.2) is 19.2 Å². The third kappa shape index (κ3) is 2.74. The minimum atomic E-state index is 0.329. The molecule has 3 heteroatoms. The van der Waals surface area contributed by atoms with Crippen molar-refractivity contribution in [3.63, 3.8) is 0 Å². The van der Waals surface area contributed by atoms with Gasteiger partial charge in [-0.2, -0.15) is 0 Å². The van der Waals surface area contributed by atoms with Gasteiger partial charge in [0.2, 0.25) is 0 Å². The molecule has 1 aromatic rings. The highest BCUT2D eigenvalue weighted by molar-refractivity contribution is 5.40. The number of hydrogen-bond donors (Lipinski definition) is 2.